The summed E-state index contributed by atoms with van der Waals surface area (Å²) in [4.78, 5) is 34.8. The molecule has 0 spiro atoms. The van der Waals surface area contributed by atoms with Gasteiger partial charge in [-0.15, -0.1) is 0 Å². The first-order chi connectivity index (χ1) is 9.99. The highest BCUT2D eigenvalue weighted by Gasteiger charge is 2.21. The molecule has 7 heteroatoms. The molecule has 0 aromatic carbocycles. The maximum Gasteiger partial charge on any atom is 0.347 e. The number of hydrogen-bond acceptors (Lipinski definition) is 5. The van der Waals surface area contributed by atoms with Gasteiger partial charge in [0.1, 0.15) is 0 Å². The smallest absolute Gasteiger partial charge is 0.347 e. The number of rotatable bonds is 7. The molecule has 0 aromatic rings. The maximum absolute atomic E-state index is 11.6. The maximum atomic E-state index is 11.6. The van der Waals surface area contributed by atoms with Crippen LogP contribution in [0, 0.1) is 0 Å². The van der Waals surface area contributed by atoms with Gasteiger partial charge in [0, 0.05) is 11.9 Å². The first kappa shape index (κ1) is 18.4. The van der Waals surface area contributed by atoms with Gasteiger partial charge in [-0.25, -0.2) is 14.4 Å². The van der Waals surface area contributed by atoms with E-state index < -0.39 is 23.5 Å². The van der Waals surface area contributed by atoms with Crippen LogP contribution in [0.5, 0.6) is 0 Å². The molecule has 116 valence electrons. The summed E-state index contributed by atoms with van der Waals surface area (Å²) in [6, 6.07) is -0.630. The fraction of sp³-hybridized carbons (Fsp3) is 0.357. The van der Waals surface area contributed by atoms with Gasteiger partial charge in [0.25, 0.3) is 0 Å². The number of carbonyl (C=O) groups is 3. The molecule has 0 aliphatic heterocycles. The van der Waals surface area contributed by atoms with Gasteiger partial charge in [-0.2, -0.15) is 0 Å². The molecule has 0 atom stereocenters. The fourth-order valence-corrected chi connectivity index (χ4v) is 1.16. The lowest BCUT2D eigenvalue weighted by Crippen LogP contribution is -2.32. The van der Waals surface area contributed by atoms with Crippen LogP contribution in [0.1, 0.15) is 20.8 Å². The molecule has 0 radical (unpaired) electrons. The molecule has 0 saturated carbocycles. The Hall–Kier alpha value is -2.57. The topological polar surface area (TPSA) is 93.7 Å². The quantitative estimate of drug-likeness (QED) is 0.243. The van der Waals surface area contributed by atoms with E-state index in [-0.39, 0.29) is 13.2 Å². The highest BCUT2D eigenvalue weighted by molar-refractivity contribution is 6.14. The van der Waals surface area contributed by atoms with Crippen LogP contribution in [-0.4, -0.2) is 31.2 Å². The lowest BCUT2D eigenvalue weighted by Gasteiger charge is -2.08. The zero-order valence-corrected chi connectivity index (χ0v) is 12.4. The van der Waals surface area contributed by atoms with E-state index in [9.17, 15) is 14.4 Å². The van der Waals surface area contributed by atoms with Gasteiger partial charge in [0.05, 0.1) is 13.2 Å². The summed E-state index contributed by atoms with van der Waals surface area (Å²) in [5, 5.41) is 4.72. The summed E-state index contributed by atoms with van der Waals surface area (Å²) in [5.41, 5.74) is 0.0872. The third-order valence-corrected chi connectivity index (χ3v) is 2.13. The normalized spacial score (nSPS) is 10.1. The molecule has 7 nitrogen and oxygen atoms in total. The van der Waals surface area contributed by atoms with Crippen molar-refractivity contribution in [3.05, 3.63) is 36.2 Å². The first-order valence-electron chi connectivity index (χ1n) is 6.40. The van der Waals surface area contributed by atoms with Crippen molar-refractivity contribution >= 4 is 18.0 Å². The van der Waals surface area contributed by atoms with Crippen molar-refractivity contribution in [1.29, 1.82) is 0 Å². The zero-order chi connectivity index (χ0) is 16.3. The van der Waals surface area contributed by atoms with Crippen LogP contribution in [-0.2, 0) is 19.1 Å². The Bertz CT molecular complexity index is 446. The van der Waals surface area contributed by atoms with Gasteiger partial charge in [-0.3, -0.25) is 0 Å². The third-order valence-electron chi connectivity index (χ3n) is 2.13. The number of ether oxygens (including phenoxy) is 2. The minimum Gasteiger partial charge on any atom is -0.462 e. The van der Waals surface area contributed by atoms with Crippen molar-refractivity contribution in [2.45, 2.75) is 20.8 Å². The number of nitrogens with one attached hydrogen (secondary N) is 2. The molecule has 0 aromatic heterocycles. The van der Waals surface area contributed by atoms with E-state index in [2.05, 4.69) is 17.2 Å². The highest BCUT2D eigenvalue weighted by Crippen LogP contribution is 2.01. The zero-order valence-electron chi connectivity index (χ0n) is 12.4. The molecule has 0 bridgehead atoms. The number of urea groups is 1. The minimum absolute atomic E-state index is 0.0982. The highest BCUT2D eigenvalue weighted by atomic mass is 16.6. The van der Waals surface area contributed by atoms with Crippen molar-refractivity contribution in [3.8, 4) is 0 Å². The van der Waals surface area contributed by atoms with E-state index >= 15 is 0 Å². The van der Waals surface area contributed by atoms with Gasteiger partial charge in [0.15, 0.2) is 5.57 Å². The summed E-state index contributed by atoms with van der Waals surface area (Å²) in [6.45, 7) is 8.63. The summed E-state index contributed by atoms with van der Waals surface area (Å²) < 4.78 is 9.44. The average molecular weight is 296 g/mol. The molecule has 2 amide bonds. The molecule has 0 aliphatic rings. The second-order valence-corrected chi connectivity index (χ2v) is 3.55. The van der Waals surface area contributed by atoms with E-state index in [1.807, 2.05) is 0 Å². The minimum atomic E-state index is -0.869. The molecule has 21 heavy (non-hydrogen) atoms. The van der Waals surface area contributed by atoms with Crippen LogP contribution in [0.2, 0.25) is 0 Å². The summed E-state index contributed by atoms with van der Waals surface area (Å²) in [5.74, 6) is -1.74. The lowest BCUT2D eigenvalue weighted by atomic mass is 10.3. The van der Waals surface area contributed by atoms with Crippen LogP contribution in [0.15, 0.2) is 36.2 Å². The molecule has 0 rings (SSSR count). The Morgan fingerprint density at radius 1 is 1.10 bits per heavy atom. The van der Waals surface area contributed by atoms with Crippen LogP contribution in [0.3, 0.4) is 0 Å². The predicted molar refractivity (Wildman–Crippen MR) is 77.0 cm³/mol. The molecule has 0 heterocycles. The molecular formula is C14H20N2O5. The number of carbonyl (C=O) groups excluding carboxylic acids is 3. The van der Waals surface area contributed by atoms with Gasteiger partial charge in [-0.05, 0) is 26.8 Å². The van der Waals surface area contributed by atoms with E-state index in [4.69, 9.17) is 9.47 Å². The van der Waals surface area contributed by atoms with Crippen LogP contribution < -0.4 is 10.6 Å². The van der Waals surface area contributed by atoms with E-state index in [0.29, 0.717) is 5.70 Å². The molecule has 0 aliphatic carbocycles. The van der Waals surface area contributed by atoms with Crippen molar-refractivity contribution in [2.75, 3.05) is 13.2 Å². The molecule has 0 unspecified atom stereocenters. The Labute approximate surface area is 123 Å². The number of allylic oxidation sites excluding steroid dienone is 2. The number of esters is 2. The van der Waals surface area contributed by atoms with Crippen LogP contribution in [0.25, 0.3) is 0 Å². The predicted octanol–water partition coefficient (Wildman–Crippen LogP) is 1.39. The lowest BCUT2D eigenvalue weighted by molar-refractivity contribution is -0.146. The fourth-order valence-electron chi connectivity index (χ4n) is 1.16. The van der Waals surface area contributed by atoms with E-state index in [1.165, 1.54) is 6.08 Å². The van der Waals surface area contributed by atoms with Crippen LogP contribution in [0.4, 0.5) is 4.79 Å². The Kier molecular flexibility index (Phi) is 8.99. The van der Waals surface area contributed by atoms with Crippen molar-refractivity contribution in [1.82, 2.24) is 10.6 Å². The SMILES string of the molecule is C=C/C(=C\C)NC(=O)NC=C(C(=O)OCC)C(=O)OCC. The molecule has 0 fully saturated rings. The number of amides is 2. The van der Waals surface area contributed by atoms with Crippen molar-refractivity contribution in [2.24, 2.45) is 0 Å². The monoisotopic (exact) mass is 296 g/mol. The van der Waals surface area contributed by atoms with Crippen molar-refractivity contribution in [3.63, 3.8) is 0 Å². The largest absolute Gasteiger partial charge is 0.462 e. The number of hydrogen-bond donors (Lipinski definition) is 2. The van der Waals surface area contributed by atoms with Gasteiger partial charge < -0.3 is 20.1 Å². The van der Waals surface area contributed by atoms with Crippen LogP contribution >= 0.6 is 0 Å². The summed E-state index contributed by atoms with van der Waals surface area (Å²) in [6.07, 6.45) is 4.02. The van der Waals surface area contributed by atoms with E-state index in [0.717, 1.165) is 6.20 Å². The van der Waals surface area contributed by atoms with Gasteiger partial charge >= 0.3 is 18.0 Å². The Morgan fingerprint density at radius 2 is 1.62 bits per heavy atom. The Morgan fingerprint density at radius 3 is 2.00 bits per heavy atom. The second-order valence-electron chi connectivity index (χ2n) is 3.55. The second kappa shape index (κ2) is 10.2. The molecular weight excluding hydrogens is 276 g/mol. The first-order valence-corrected chi connectivity index (χ1v) is 6.40. The van der Waals surface area contributed by atoms with E-state index in [1.54, 1.807) is 26.8 Å². The standard InChI is InChI=1S/C14H20N2O5/c1-5-10(6-2)16-14(19)15-9-11(12(17)20-7-3)13(18)21-8-4/h5-6,9H,1,7-8H2,2-4H3,(H2,15,16,19)/b10-6+. The summed E-state index contributed by atoms with van der Waals surface area (Å²) in [7, 11) is 0. The average Bonchev–Trinajstić information content (AvgIpc) is 2.45. The Balaban J connectivity index is 4.91. The third kappa shape index (κ3) is 6.95. The molecule has 2 N–H and O–H groups in total. The molecule has 0 saturated heterocycles. The van der Waals surface area contributed by atoms with Gasteiger partial charge in [0.2, 0.25) is 0 Å². The van der Waals surface area contributed by atoms with Gasteiger partial charge in [-0.1, -0.05) is 12.7 Å². The summed E-state index contributed by atoms with van der Waals surface area (Å²) >= 11 is 0. The van der Waals surface area contributed by atoms with Crippen molar-refractivity contribution < 1.29 is 23.9 Å².